The van der Waals surface area contributed by atoms with E-state index >= 15 is 0 Å². The fourth-order valence-corrected chi connectivity index (χ4v) is 2.51. The third-order valence-electron chi connectivity index (χ3n) is 2.83. The van der Waals surface area contributed by atoms with Crippen molar-refractivity contribution in [2.24, 2.45) is 0 Å². The van der Waals surface area contributed by atoms with Crippen LogP contribution in [0.15, 0.2) is 36.4 Å². The minimum Gasteiger partial charge on any atom is -0.488 e. The molecule has 2 rings (SSSR count). The molecule has 0 amide bonds. The summed E-state index contributed by atoms with van der Waals surface area (Å²) in [6.07, 6.45) is 0. The second kappa shape index (κ2) is 7.19. The third-order valence-corrected chi connectivity index (χ3v) is 3.77. The van der Waals surface area contributed by atoms with E-state index in [2.05, 4.69) is 5.32 Å². The lowest BCUT2D eigenvalue weighted by Crippen LogP contribution is -2.08. The van der Waals surface area contributed by atoms with Crippen LogP contribution in [-0.2, 0) is 13.2 Å². The summed E-state index contributed by atoms with van der Waals surface area (Å²) in [6.45, 7) is 1.01. The van der Waals surface area contributed by atoms with Crippen molar-refractivity contribution in [3.05, 3.63) is 62.6 Å². The molecule has 0 radical (unpaired) electrons. The Morgan fingerprint density at radius 3 is 2.55 bits per heavy atom. The van der Waals surface area contributed by atoms with Gasteiger partial charge in [0, 0.05) is 32.7 Å². The van der Waals surface area contributed by atoms with Gasteiger partial charge in [-0.05, 0) is 31.3 Å². The Kier molecular flexibility index (Phi) is 5.55. The van der Waals surface area contributed by atoms with Crippen LogP contribution in [0.2, 0.25) is 15.1 Å². The van der Waals surface area contributed by atoms with Crippen molar-refractivity contribution >= 4 is 34.8 Å². The van der Waals surface area contributed by atoms with E-state index in [1.807, 2.05) is 31.3 Å². The van der Waals surface area contributed by atoms with Crippen molar-refractivity contribution < 1.29 is 4.74 Å². The van der Waals surface area contributed by atoms with E-state index < -0.39 is 0 Å². The Hall–Kier alpha value is -0.930. The van der Waals surface area contributed by atoms with Crippen LogP contribution in [0.3, 0.4) is 0 Å². The zero-order valence-electron chi connectivity index (χ0n) is 10.9. The smallest absolute Gasteiger partial charge is 0.125 e. The standard InChI is InChI=1S/C15H14Cl3NO/c1-19-8-12-13(17)3-2-4-15(12)20-9-10-5-6-11(16)7-14(10)18/h2-7,19H,8-9H2,1H3. The third kappa shape index (κ3) is 3.80. The van der Waals surface area contributed by atoms with Crippen molar-refractivity contribution in [3.63, 3.8) is 0 Å². The molecule has 0 aliphatic carbocycles. The maximum Gasteiger partial charge on any atom is 0.125 e. The van der Waals surface area contributed by atoms with E-state index in [4.69, 9.17) is 39.5 Å². The highest BCUT2D eigenvalue weighted by Crippen LogP contribution is 2.28. The van der Waals surface area contributed by atoms with Gasteiger partial charge in [-0.1, -0.05) is 46.9 Å². The number of hydrogen-bond donors (Lipinski definition) is 1. The molecular weight excluding hydrogens is 317 g/mol. The molecule has 0 spiro atoms. The van der Waals surface area contributed by atoms with Crippen LogP contribution in [0.25, 0.3) is 0 Å². The SMILES string of the molecule is CNCc1c(Cl)cccc1OCc1ccc(Cl)cc1Cl. The summed E-state index contributed by atoms with van der Waals surface area (Å²) in [5, 5.41) is 4.95. The fraction of sp³-hybridized carbons (Fsp3) is 0.200. The normalized spacial score (nSPS) is 10.6. The molecule has 0 atom stereocenters. The predicted molar refractivity (Wildman–Crippen MR) is 85.0 cm³/mol. The Labute approximate surface area is 133 Å². The van der Waals surface area contributed by atoms with E-state index in [0.717, 1.165) is 16.9 Å². The largest absolute Gasteiger partial charge is 0.488 e. The lowest BCUT2D eigenvalue weighted by Gasteiger charge is -2.13. The first-order chi connectivity index (χ1) is 9.61. The summed E-state index contributed by atoms with van der Waals surface area (Å²) >= 11 is 18.2. The highest BCUT2D eigenvalue weighted by molar-refractivity contribution is 6.35. The number of benzene rings is 2. The summed E-state index contributed by atoms with van der Waals surface area (Å²) in [5.41, 5.74) is 1.81. The lowest BCUT2D eigenvalue weighted by atomic mass is 10.2. The molecule has 2 nitrogen and oxygen atoms in total. The highest BCUT2D eigenvalue weighted by atomic mass is 35.5. The summed E-state index contributed by atoms with van der Waals surface area (Å²) in [5.74, 6) is 0.748. The van der Waals surface area contributed by atoms with Crippen LogP contribution < -0.4 is 10.1 Å². The van der Waals surface area contributed by atoms with E-state index in [1.54, 1.807) is 12.1 Å². The molecule has 106 valence electrons. The van der Waals surface area contributed by atoms with Gasteiger partial charge in [0.25, 0.3) is 0 Å². The number of rotatable bonds is 5. The summed E-state index contributed by atoms with van der Waals surface area (Å²) < 4.78 is 5.83. The van der Waals surface area contributed by atoms with Crippen LogP contribution in [-0.4, -0.2) is 7.05 Å². The van der Waals surface area contributed by atoms with Crippen molar-refractivity contribution in [1.82, 2.24) is 5.32 Å². The summed E-state index contributed by atoms with van der Waals surface area (Å²) in [6, 6.07) is 10.9. The number of ether oxygens (including phenoxy) is 1. The Morgan fingerprint density at radius 2 is 1.85 bits per heavy atom. The Bertz CT molecular complexity index is 602. The molecule has 0 saturated heterocycles. The number of hydrogen-bond acceptors (Lipinski definition) is 2. The maximum absolute atomic E-state index is 6.18. The number of nitrogens with one attached hydrogen (secondary N) is 1. The molecule has 0 heterocycles. The van der Waals surface area contributed by atoms with Gasteiger partial charge in [-0.25, -0.2) is 0 Å². The molecule has 0 unspecified atom stereocenters. The van der Waals surface area contributed by atoms with Crippen molar-refractivity contribution in [2.75, 3.05) is 7.05 Å². The first kappa shape index (κ1) is 15.5. The summed E-state index contributed by atoms with van der Waals surface area (Å²) in [7, 11) is 1.86. The summed E-state index contributed by atoms with van der Waals surface area (Å²) in [4.78, 5) is 0. The van der Waals surface area contributed by atoms with E-state index in [0.29, 0.717) is 28.2 Å². The maximum atomic E-state index is 6.18. The van der Waals surface area contributed by atoms with Gasteiger partial charge in [0.1, 0.15) is 12.4 Å². The average Bonchev–Trinajstić information content (AvgIpc) is 2.41. The van der Waals surface area contributed by atoms with Crippen molar-refractivity contribution in [1.29, 1.82) is 0 Å². The lowest BCUT2D eigenvalue weighted by molar-refractivity contribution is 0.302. The molecule has 1 N–H and O–H groups in total. The van der Waals surface area contributed by atoms with Crippen LogP contribution in [0, 0.1) is 0 Å². The zero-order valence-corrected chi connectivity index (χ0v) is 13.2. The van der Waals surface area contributed by atoms with Crippen LogP contribution in [0.1, 0.15) is 11.1 Å². The Balaban J connectivity index is 2.16. The second-order valence-corrected chi connectivity index (χ2v) is 5.52. The van der Waals surface area contributed by atoms with Crippen LogP contribution >= 0.6 is 34.8 Å². The predicted octanol–water partition coefficient (Wildman–Crippen LogP) is 4.95. The number of halogens is 3. The Morgan fingerprint density at radius 1 is 1.05 bits per heavy atom. The van der Waals surface area contributed by atoms with Gasteiger partial charge in [-0.2, -0.15) is 0 Å². The molecule has 20 heavy (non-hydrogen) atoms. The van der Waals surface area contributed by atoms with E-state index in [9.17, 15) is 0 Å². The molecule has 5 heteroatoms. The molecule has 2 aromatic rings. The molecule has 2 aromatic carbocycles. The van der Waals surface area contributed by atoms with Crippen molar-refractivity contribution in [2.45, 2.75) is 13.2 Å². The first-order valence-corrected chi connectivity index (χ1v) is 7.24. The molecule has 0 aliphatic rings. The second-order valence-electron chi connectivity index (χ2n) is 4.27. The zero-order chi connectivity index (χ0) is 14.5. The topological polar surface area (TPSA) is 21.3 Å². The van der Waals surface area contributed by atoms with Gasteiger partial charge in [-0.3, -0.25) is 0 Å². The molecule has 0 fully saturated rings. The van der Waals surface area contributed by atoms with Crippen LogP contribution in [0.4, 0.5) is 0 Å². The van der Waals surface area contributed by atoms with Gasteiger partial charge in [0.2, 0.25) is 0 Å². The monoisotopic (exact) mass is 329 g/mol. The molecular formula is C15H14Cl3NO. The van der Waals surface area contributed by atoms with Crippen LogP contribution in [0.5, 0.6) is 5.75 Å². The highest BCUT2D eigenvalue weighted by Gasteiger charge is 2.09. The van der Waals surface area contributed by atoms with Gasteiger partial charge in [0.05, 0.1) is 0 Å². The minimum atomic E-state index is 0.368. The quantitative estimate of drug-likeness (QED) is 0.838. The first-order valence-electron chi connectivity index (χ1n) is 6.10. The molecule has 0 saturated carbocycles. The van der Waals surface area contributed by atoms with Gasteiger partial charge >= 0.3 is 0 Å². The van der Waals surface area contributed by atoms with Gasteiger partial charge in [0.15, 0.2) is 0 Å². The molecule has 0 aromatic heterocycles. The van der Waals surface area contributed by atoms with Crippen molar-refractivity contribution in [3.8, 4) is 5.75 Å². The minimum absolute atomic E-state index is 0.368. The molecule has 0 aliphatic heterocycles. The van der Waals surface area contributed by atoms with E-state index in [-0.39, 0.29) is 0 Å². The average molecular weight is 331 g/mol. The molecule has 0 bridgehead atoms. The van der Waals surface area contributed by atoms with E-state index in [1.165, 1.54) is 0 Å². The van der Waals surface area contributed by atoms with Gasteiger partial charge in [-0.15, -0.1) is 0 Å². The fourth-order valence-electron chi connectivity index (χ4n) is 1.82. The van der Waals surface area contributed by atoms with Gasteiger partial charge < -0.3 is 10.1 Å².